The van der Waals surface area contributed by atoms with Crippen molar-refractivity contribution >= 4 is 27.5 Å². The van der Waals surface area contributed by atoms with Gasteiger partial charge in [-0.05, 0) is 6.07 Å². The van der Waals surface area contributed by atoms with Gasteiger partial charge in [0.05, 0.1) is 5.69 Å². The quantitative estimate of drug-likeness (QED) is 0.528. The van der Waals surface area contributed by atoms with Crippen LogP contribution in [0.4, 0.5) is 4.39 Å². The Morgan fingerprint density at radius 2 is 2.30 bits per heavy atom. The summed E-state index contributed by atoms with van der Waals surface area (Å²) in [4.78, 5) is 3.83. The van der Waals surface area contributed by atoms with Crippen LogP contribution >= 0.6 is 27.5 Å². The summed E-state index contributed by atoms with van der Waals surface area (Å²) in [5.74, 6) is -0.352. The van der Waals surface area contributed by atoms with Gasteiger partial charge in [0.15, 0.2) is 0 Å². The highest BCUT2D eigenvalue weighted by Crippen LogP contribution is 2.11. The summed E-state index contributed by atoms with van der Waals surface area (Å²) in [7, 11) is 0. The fourth-order valence-electron chi connectivity index (χ4n) is 0.585. The van der Waals surface area contributed by atoms with E-state index in [0.29, 0.717) is 11.0 Å². The molecular formula is C6H4BrClFN. The molecule has 1 heterocycles. The van der Waals surface area contributed by atoms with E-state index in [1.54, 1.807) is 0 Å². The zero-order chi connectivity index (χ0) is 7.56. The van der Waals surface area contributed by atoms with Crippen molar-refractivity contribution in [3.63, 3.8) is 0 Å². The second kappa shape index (κ2) is 3.30. The topological polar surface area (TPSA) is 12.9 Å². The number of nitrogens with zero attached hydrogens (tertiary/aromatic N) is 1. The summed E-state index contributed by atoms with van der Waals surface area (Å²) in [6, 6.07) is 2.51. The number of halogens is 3. The third-order valence-corrected chi connectivity index (χ3v) is 1.72. The fraction of sp³-hybridized carbons (Fsp3) is 0.167. The minimum absolute atomic E-state index is 0.189. The lowest BCUT2D eigenvalue weighted by Gasteiger charge is -1.94. The Morgan fingerprint density at radius 3 is 2.80 bits per heavy atom. The van der Waals surface area contributed by atoms with Crippen molar-refractivity contribution in [1.82, 2.24) is 4.98 Å². The third kappa shape index (κ3) is 1.92. The van der Waals surface area contributed by atoms with Crippen LogP contribution in [0.25, 0.3) is 0 Å². The van der Waals surface area contributed by atoms with Crippen LogP contribution in [0.5, 0.6) is 0 Å². The molecule has 0 N–H and O–H groups in total. The lowest BCUT2D eigenvalue weighted by Crippen LogP contribution is -1.86. The van der Waals surface area contributed by atoms with E-state index in [1.165, 1.54) is 12.1 Å². The monoisotopic (exact) mass is 223 g/mol. The zero-order valence-corrected chi connectivity index (χ0v) is 7.28. The highest BCUT2D eigenvalue weighted by atomic mass is 79.9. The summed E-state index contributed by atoms with van der Waals surface area (Å²) < 4.78 is 12.5. The Labute approximate surface area is 71.4 Å². The van der Waals surface area contributed by atoms with Crippen molar-refractivity contribution in [1.29, 1.82) is 0 Å². The Bertz CT molecular complexity index is 221. The molecule has 54 valence electrons. The highest BCUT2D eigenvalue weighted by Gasteiger charge is 1.97. The Hall–Kier alpha value is -0.150. The van der Waals surface area contributed by atoms with Gasteiger partial charge in [-0.2, -0.15) is 0 Å². The smallest absolute Gasteiger partial charge is 0.132 e. The standard InChI is InChI=1S/C6H4BrClFN/c7-3-5-1-4(9)2-6(8)10-5/h1-2H,3H2. The van der Waals surface area contributed by atoms with Gasteiger partial charge in [-0.15, -0.1) is 0 Å². The molecule has 0 aromatic carbocycles. The van der Waals surface area contributed by atoms with Crippen molar-refractivity contribution in [2.75, 3.05) is 0 Å². The summed E-state index contributed by atoms with van der Waals surface area (Å²) >= 11 is 8.59. The van der Waals surface area contributed by atoms with Crippen LogP contribution < -0.4 is 0 Å². The largest absolute Gasteiger partial charge is 0.240 e. The molecule has 0 atom stereocenters. The van der Waals surface area contributed by atoms with Crippen molar-refractivity contribution in [2.24, 2.45) is 0 Å². The average molecular weight is 224 g/mol. The molecule has 4 heteroatoms. The first-order valence-electron chi connectivity index (χ1n) is 2.60. The molecule has 0 spiro atoms. The Morgan fingerprint density at radius 1 is 1.60 bits per heavy atom. The van der Waals surface area contributed by atoms with Crippen molar-refractivity contribution < 1.29 is 4.39 Å². The van der Waals surface area contributed by atoms with Gasteiger partial charge in [-0.1, -0.05) is 27.5 Å². The predicted molar refractivity (Wildman–Crippen MR) is 41.8 cm³/mol. The van der Waals surface area contributed by atoms with Crippen LogP contribution in [0.2, 0.25) is 5.15 Å². The maximum absolute atomic E-state index is 12.5. The van der Waals surface area contributed by atoms with Gasteiger partial charge < -0.3 is 0 Å². The van der Waals surface area contributed by atoms with Gasteiger partial charge in [-0.25, -0.2) is 9.37 Å². The molecule has 0 bridgehead atoms. The Kier molecular flexibility index (Phi) is 2.63. The second-order valence-corrected chi connectivity index (χ2v) is 2.68. The van der Waals surface area contributed by atoms with Crippen LogP contribution in [0.1, 0.15) is 5.69 Å². The summed E-state index contributed by atoms with van der Waals surface area (Å²) in [6.07, 6.45) is 0. The number of hydrogen-bond donors (Lipinski definition) is 0. The lowest BCUT2D eigenvalue weighted by atomic mass is 10.4. The van der Waals surface area contributed by atoms with E-state index in [2.05, 4.69) is 20.9 Å². The zero-order valence-electron chi connectivity index (χ0n) is 4.94. The second-order valence-electron chi connectivity index (χ2n) is 1.73. The van der Waals surface area contributed by atoms with Crippen LogP contribution in [-0.4, -0.2) is 4.98 Å². The molecule has 0 aliphatic heterocycles. The molecule has 0 radical (unpaired) electrons. The van der Waals surface area contributed by atoms with E-state index in [9.17, 15) is 4.39 Å². The van der Waals surface area contributed by atoms with Crippen LogP contribution in [0.15, 0.2) is 12.1 Å². The van der Waals surface area contributed by atoms with Crippen molar-refractivity contribution in [2.45, 2.75) is 5.33 Å². The molecule has 0 unspecified atom stereocenters. The van der Waals surface area contributed by atoms with E-state index in [1.807, 2.05) is 0 Å². The molecule has 0 amide bonds. The summed E-state index contributed by atoms with van der Waals surface area (Å²) in [6.45, 7) is 0. The molecule has 1 aromatic rings. The molecule has 0 saturated carbocycles. The number of aromatic nitrogens is 1. The number of hydrogen-bond acceptors (Lipinski definition) is 1. The molecule has 10 heavy (non-hydrogen) atoms. The minimum Gasteiger partial charge on any atom is -0.240 e. The van der Waals surface area contributed by atoms with E-state index >= 15 is 0 Å². The maximum atomic E-state index is 12.5. The van der Waals surface area contributed by atoms with Crippen LogP contribution in [0, 0.1) is 5.82 Å². The molecule has 1 aromatic heterocycles. The number of rotatable bonds is 1. The molecule has 0 aliphatic carbocycles. The van der Waals surface area contributed by atoms with Crippen molar-refractivity contribution in [3.8, 4) is 0 Å². The van der Waals surface area contributed by atoms with Crippen molar-refractivity contribution in [3.05, 3.63) is 28.8 Å². The van der Waals surface area contributed by atoms with Gasteiger partial charge in [-0.3, -0.25) is 0 Å². The first kappa shape index (κ1) is 7.95. The normalized spacial score (nSPS) is 9.90. The average Bonchev–Trinajstić information content (AvgIpc) is 1.85. The molecule has 0 saturated heterocycles. The Balaban J connectivity index is 3.06. The highest BCUT2D eigenvalue weighted by molar-refractivity contribution is 9.08. The molecule has 0 aliphatic rings. The van der Waals surface area contributed by atoms with Crippen LogP contribution in [0.3, 0.4) is 0 Å². The third-order valence-electron chi connectivity index (χ3n) is 0.949. The molecule has 1 rings (SSSR count). The van der Waals surface area contributed by atoms with E-state index < -0.39 is 0 Å². The molecule has 1 nitrogen and oxygen atoms in total. The first-order chi connectivity index (χ1) is 4.72. The van der Waals surface area contributed by atoms with E-state index in [4.69, 9.17) is 11.6 Å². The van der Waals surface area contributed by atoms with Crippen LogP contribution in [-0.2, 0) is 5.33 Å². The van der Waals surface area contributed by atoms with Gasteiger partial charge in [0.2, 0.25) is 0 Å². The summed E-state index contributed by atoms with van der Waals surface area (Å²) in [5.41, 5.74) is 0.602. The minimum atomic E-state index is -0.352. The van der Waals surface area contributed by atoms with E-state index in [0.717, 1.165) is 0 Å². The maximum Gasteiger partial charge on any atom is 0.132 e. The van der Waals surface area contributed by atoms with Gasteiger partial charge in [0.25, 0.3) is 0 Å². The predicted octanol–water partition coefficient (Wildman–Crippen LogP) is 2.77. The molecular weight excluding hydrogens is 220 g/mol. The number of alkyl halides is 1. The van der Waals surface area contributed by atoms with E-state index in [-0.39, 0.29) is 11.0 Å². The number of pyridine rings is 1. The van der Waals surface area contributed by atoms with Gasteiger partial charge >= 0.3 is 0 Å². The fourth-order valence-corrected chi connectivity index (χ4v) is 1.08. The molecule has 0 fully saturated rings. The first-order valence-corrected chi connectivity index (χ1v) is 4.10. The SMILES string of the molecule is Fc1cc(Cl)nc(CBr)c1. The summed E-state index contributed by atoms with van der Waals surface area (Å²) in [5, 5.41) is 0.708. The van der Waals surface area contributed by atoms with Gasteiger partial charge in [0, 0.05) is 11.4 Å². The lowest BCUT2D eigenvalue weighted by molar-refractivity contribution is 0.623. The van der Waals surface area contributed by atoms with Gasteiger partial charge in [0.1, 0.15) is 11.0 Å².